The van der Waals surface area contributed by atoms with Crippen molar-refractivity contribution in [3.05, 3.63) is 35.0 Å². The lowest BCUT2D eigenvalue weighted by molar-refractivity contribution is 0.415. The van der Waals surface area contributed by atoms with Gasteiger partial charge in [-0.2, -0.15) is 5.10 Å². The topological polar surface area (TPSA) is 37.9 Å². The molecule has 0 saturated carbocycles. The Kier molecular flexibility index (Phi) is 2.69. The summed E-state index contributed by atoms with van der Waals surface area (Å²) in [6, 6.07) is 6.20. The Morgan fingerprint density at radius 3 is 2.44 bits per heavy atom. The first-order valence-electron chi connectivity index (χ1n) is 5.29. The van der Waals surface area contributed by atoms with Crippen LogP contribution >= 0.6 is 0 Å². The Morgan fingerprint density at radius 1 is 1.12 bits per heavy atom. The van der Waals surface area contributed by atoms with Crippen molar-refractivity contribution in [2.75, 3.05) is 7.11 Å². The third kappa shape index (κ3) is 1.81. The standard InChI is InChI=1S/C13H16N2O/c1-8-5-9(2)13(12(6-8)16-4)11-7-10(3)14-15-11/h5-7H,1-4H3,(H,14,15). The zero-order chi connectivity index (χ0) is 11.7. The van der Waals surface area contributed by atoms with Crippen LogP contribution in [0.3, 0.4) is 0 Å². The van der Waals surface area contributed by atoms with Gasteiger partial charge in [-0.1, -0.05) is 6.07 Å². The van der Waals surface area contributed by atoms with Crippen LogP contribution in [-0.2, 0) is 0 Å². The molecule has 3 nitrogen and oxygen atoms in total. The van der Waals surface area contributed by atoms with Gasteiger partial charge in [0.15, 0.2) is 0 Å². The van der Waals surface area contributed by atoms with Crippen LogP contribution in [0.1, 0.15) is 16.8 Å². The Bertz CT molecular complexity index is 515. The Labute approximate surface area is 95.5 Å². The number of hydrogen-bond acceptors (Lipinski definition) is 2. The molecule has 1 aromatic heterocycles. The number of aryl methyl sites for hydroxylation is 3. The van der Waals surface area contributed by atoms with E-state index in [0.717, 1.165) is 22.7 Å². The summed E-state index contributed by atoms with van der Waals surface area (Å²) >= 11 is 0. The fourth-order valence-electron chi connectivity index (χ4n) is 1.96. The number of hydrogen-bond donors (Lipinski definition) is 1. The molecule has 84 valence electrons. The van der Waals surface area contributed by atoms with E-state index in [-0.39, 0.29) is 0 Å². The van der Waals surface area contributed by atoms with Crippen molar-refractivity contribution < 1.29 is 4.74 Å². The van der Waals surface area contributed by atoms with E-state index in [4.69, 9.17) is 4.74 Å². The number of rotatable bonds is 2. The van der Waals surface area contributed by atoms with Gasteiger partial charge >= 0.3 is 0 Å². The van der Waals surface area contributed by atoms with Crippen molar-refractivity contribution >= 4 is 0 Å². The van der Waals surface area contributed by atoms with Crippen molar-refractivity contribution in [2.24, 2.45) is 0 Å². The van der Waals surface area contributed by atoms with Crippen LogP contribution in [0.5, 0.6) is 5.75 Å². The highest BCUT2D eigenvalue weighted by molar-refractivity contribution is 5.71. The second kappa shape index (κ2) is 4.00. The van der Waals surface area contributed by atoms with E-state index >= 15 is 0 Å². The molecule has 0 aliphatic carbocycles. The minimum absolute atomic E-state index is 0.879. The molecule has 0 fully saturated rings. The molecule has 0 amide bonds. The molecule has 2 rings (SSSR count). The molecule has 0 atom stereocenters. The van der Waals surface area contributed by atoms with E-state index in [1.807, 2.05) is 19.1 Å². The molecule has 0 saturated heterocycles. The Morgan fingerprint density at radius 2 is 1.88 bits per heavy atom. The SMILES string of the molecule is COc1cc(C)cc(C)c1-c1cc(C)[nH]n1. The Hall–Kier alpha value is -1.77. The van der Waals surface area contributed by atoms with Crippen LogP contribution in [-0.4, -0.2) is 17.3 Å². The molecule has 0 aliphatic rings. The normalized spacial score (nSPS) is 10.5. The van der Waals surface area contributed by atoms with E-state index in [0.29, 0.717) is 0 Å². The maximum absolute atomic E-state index is 5.42. The van der Waals surface area contributed by atoms with Crippen LogP contribution in [0.2, 0.25) is 0 Å². The number of H-pyrrole nitrogens is 1. The smallest absolute Gasteiger partial charge is 0.128 e. The quantitative estimate of drug-likeness (QED) is 0.838. The predicted molar refractivity (Wildman–Crippen MR) is 64.8 cm³/mol. The third-order valence-electron chi connectivity index (χ3n) is 2.63. The first kappa shape index (κ1) is 10.7. The van der Waals surface area contributed by atoms with Crippen molar-refractivity contribution in [2.45, 2.75) is 20.8 Å². The van der Waals surface area contributed by atoms with Gasteiger partial charge in [0.2, 0.25) is 0 Å². The average molecular weight is 216 g/mol. The van der Waals surface area contributed by atoms with E-state index < -0.39 is 0 Å². The van der Waals surface area contributed by atoms with Crippen LogP contribution in [0.4, 0.5) is 0 Å². The van der Waals surface area contributed by atoms with E-state index in [1.54, 1.807) is 7.11 Å². The minimum atomic E-state index is 0.879. The number of aromatic nitrogens is 2. The molecule has 0 radical (unpaired) electrons. The summed E-state index contributed by atoms with van der Waals surface area (Å²) in [5, 5.41) is 7.23. The number of methoxy groups -OCH3 is 1. The molecule has 0 bridgehead atoms. The van der Waals surface area contributed by atoms with Crippen molar-refractivity contribution in [1.29, 1.82) is 0 Å². The summed E-state index contributed by atoms with van der Waals surface area (Å²) in [7, 11) is 1.69. The maximum atomic E-state index is 5.42. The van der Waals surface area contributed by atoms with E-state index in [1.165, 1.54) is 11.1 Å². The van der Waals surface area contributed by atoms with Crippen LogP contribution in [0.25, 0.3) is 11.3 Å². The van der Waals surface area contributed by atoms with Crippen LogP contribution in [0, 0.1) is 20.8 Å². The van der Waals surface area contributed by atoms with E-state index in [2.05, 4.69) is 30.1 Å². The number of ether oxygens (including phenoxy) is 1. The van der Waals surface area contributed by atoms with Crippen molar-refractivity contribution in [3.8, 4) is 17.0 Å². The lowest BCUT2D eigenvalue weighted by atomic mass is 10.0. The number of nitrogens with one attached hydrogen (secondary N) is 1. The maximum Gasteiger partial charge on any atom is 0.128 e. The molecule has 0 aliphatic heterocycles. The lowest BCUT2D eigenvalue weighted by Gasteiger charge is -2.10. The fourth-order valence-corrected chi connectivity index (χ4v) is 1.96. The molecule has 3 heteroatoms. The highest BCUT2D eigenvalue weighted by Crippen LogP contribution is 2.33. The van der Waals surface area contributed by atoms with Crippen molar-refractivity contribution in [3.63, 3.8) is 0 Å². The highest BCUT2D eigenvalue weighted by Gasteiger charge is 2.12. The average Bonchev–Trinajstić information content (AvgIpc) is 2.63. The van der Waals surface area contributed by atoms with Gasteiger partial charge in [0, 0.05) is 11.3 Å². The second-order valence-corrected chi connectivity index (χ2v) is 4.10. The van der Waals surface area contributed by atoms with Gasteiger partial charge in [0.05, 0.1) is 12.8 Å². The molecule has 1 heterocycles. The second-order valence-electron chi connectivity index (χ2n) is 4.10. The first-order chi connectivity index (χ1) is 7.61. The summed E-state index contributed by atoms with van der Waals surface area (Å²) in [6.45, 7) is 6.14. The van der Waals surface area contributed by atoms with Gasteiger partial charge in [-0.15, -0.1) is 0 Å². The van der Waals surface area contributed by atoms with Gasteiger partial charge in [-0.3, -0.25) is 5.10 Å². The summed E-state index contributed by atoms with van der Waals surface area (Å²) in [5.41, 5.74) is 5.44. The lowest BCUT2D eigenvalue weighted by Crippen LogP contribution is -1.92. The van der Waals surface area contributed by atoms with Crippen LogP contribution < -0.4 is 4.74 Å². The number of aromatic amines is 1. The van der Waals surface area contributed by atoms with Gasteiger partial charge in [-0.05, 0) is 44.0 Å². The van der Waals surface area contributed by atoms with Gasteiger partial charge in [0.25, 0.3) is 0 Å². The van der Waals surface area contributed by atoms with Crippen molar-refractivity contribution in [1.82, 2.24) is 10.2 Å². The molecule has 0 spiro atoms. The Balaban J connectivity index is 2.63. The highest BCUT2D eigenvalue weighted by atomic mass is 16.5. The minimum Gasteiger partial charge on any atom is -0.496 e. The number of nitrogens with zero attached hydrogens (tertiary/aromatic N) is 1. The molecular weight excluding hydrogens is 200 g/mol. The molecule has 16 heavy (non-hydrogen) atoms. The molecule has 1 aromatic carbocycles. The largest absolute Gasteiger partial charge is 0.496 e. The summed E-state index contributed by atoms with van der Waals surface area (Å²) in [5.74, 6) is 0.879. The van der Waals surface area contributed by atoms with E-state index in [9.17, 15) is 0 Å². The molecule has 2 aromatic rings. The summed E-state index contributed by atoms with van der Waals surface area (Å²) in [4.78, 5) is 0. The molecule has 0 unspecified atom stereocenters. The summed E-state index contributed by atoms with van der Waals surface area (Å²) in [6.07, 6.45) is 0. The van der Waals surface area contributed by atoms with Gasteiger partial charge in [-0.25, -0.2) is 0 Å². The third-order valence-corrected chi connectivity index (χ3v) is 2.63. The zero-order valence-corrected chi connectivity index (χ0v) is 10.1. The van der Waals surface area contributed by atoms with Gasteiger partial charge < -0.3 is 4.74 Å². The van der Waals surface area contributed by atoms with Gasteiger partial charge in [0.1, 0.15) is 5.75 Å². The fraction of sp³-hybridized carbons (Fsp3) is 0.308. The number of benzene rings is 1. The first-order valence-corrected chi connectivity index (χ1v) is 5.29. The summed E-state index contributed by atoms with van der Waals surface area (Å²) < 4.78 is 5.42. The molecular formula is C13H16N2O. The monoisotopic (exact) mass is 216 g/mol. The molecule has 1 N–H and O–H groups in total. The van der Waals surface area contributed by atoms with Crippen LogP contribution in [0.15, 0.2) is 18.2 Å². The predicted octanol–water partition coefficient (Wildman–Crippen LogP) is 3.01. The zero-order valence-electron chi connectivity index (χ0n) is 10.1.